The van der Waals surface area contributed by atoms with Crippen molar-refractivity contribution < 1.29 is 17.9 Å². The topological polar surface area (TPSA) is 64.3 Å². The lowest BCUT2D eigenvalue weighted by Gasteiger charge is -2.22. The molecular weight excluding hydrogens is 515 g/mol. The van der Waals surface area contributed by atoms with Crippen molar-refractivity contribution in [3.05, 3.63) is 90.0 Å². The summed E-state index contributed by atoms with van der Waals surface area (Å²) in [6.07, 6.45) is 2.63. The van der Waals surface area contributed by atoms with Crippen molar-refractivity contribution in [3.8, 4) is 22.8 Å². The van der Waals surface area contributed by atoms with Gasteiger partial charge in [-0.25, -0.2) is 4.98 Å². The van der Waals surface area contributed by atoms with E-state index in [1.54, 1.807) is 18.3 Å². The number of aryl methyl sites for hydroxylation is 1. The molecule has 6 rings (SSSR count). The number of aromatic nitrogens is 3. The van der Waals surface area contributed by atoms with Crippen molar-refractivity contribution in [2.24, 2.45) is 4.99 Å². The summed E-state index contributed by atoms with van der Waals surface area (Å²) in [4.78, 5) is 14.6. The van der Waals surface area contributed by atoms with Gasteiger partial charge in [0, 0.05) is 11.9 Å². The van der Waals surface area contributed by atoms with Gasteiger partial charge in [-0.05, 0) is 80.4 Å². The summed E-state index contributed by atoms with van der Waals surface area (Å²) >= 11 is 0. The number of hydrogen-bond acceptors (Lipinski definition) is 5. The average molecular weight is 544 g/mol. The number of para-hydroxylation sites is 2. The molecule has 1 aromatic heterocycles. The number of halogens is 3. The summed E-state index contributed by atoms with van der Waals surface area (Å²) in [5.41, 5.74) is 6.37. The fraction of sp³-hybridized carbons (Fsp3) is 0.258. The van der Waals surface area contributed by atoms with Gasteiger partial charge in [0.05, 0.1) is 50.9 Å². The van der Waals surface area contributed by atoms with E-state index in [0.717, 1.165) is 70.5 Å². The number of ether oxygens (including phenoxy) is 1. The van der Waals surface area contributed by atoms with Crippen molar-refractivity contribution in [1.82, 2.24) is 14.5 Å². The number of alkyl halides is 3. The van der Waals surface area contributed by atoms with Gasteiger partial charge in [0.25, 0.3) is 0 Å². The normalized spacial score (nSPS) is 15.1. The van der Waals surface area contributed by atoms with Gasteiger partial charge in [-0.2, -0.15) is 0 Å². The SMILES string of the molecule is Cc1ncccc1Nc1cc2nc3ccccc3n(-c3ccc(OC(F)(F)F)cc3)c-2cc1=NC1CCCCC1. The van der Waals surface area contributed by atoms with Crippen molar-refractivity contribution in [2.75, 3.05) is 5.32 Å². The van der Waals surface area contributed by atoms with Crippen molar-refractivity contribution in [3.63, 3.8) is 0 Å². The Bertz CT molecular complexity index is 1690. The lowest BCUT2D eigenvalue weighted by molar-refractivity contribution is -0.274. The molecule has 2 aliphatic carbocycles. The molecule has 1 aliphatic heterocycles. The van der Waals surface area contributed by atoms with Gasteiger partial charge in [0.1, 0.15) is 5.75 Å². The second-order valence-corrected chi connectivity index (χ2v) is 10.0. The van der Waals surface area contributed by atoms with Crippen LogP contribution in [0.1, 0.15) is 37.8 Å². The molecule has 1 fully saturated rings. The van der Waals surface area contributed by atoms with Crippen molar-refractivity contribution in [2.45, 2.75) is 51.4 Å². The van der Waals surface area contributed by atoms with Gasteiger partial charge in [0.15, 0.2) is 0 Å². The molecule has 0 atom stereocenters. The lowest BCUT2D eigenvalue weighted by atomic mass is 9.96. The highest BCUT2D eigenvalue weighted by Crippen LogP contribution is 2.32. The van der Waals surface area contributed by atoms with E-state index in [2.05, 4.69) is 15.0 Å². The quantitative estimate of drug-likeness (QED) is 0.231. The summed E-state index contributed by atoms with van der Waals surface area (Å²) in [5, 5.41) is 4.34. The van der Waals surface area contributed by atoms with Gasteiger partial charge in [-0.15, -0.1) is 13.2 Å². The molecular formula is C31H28F3N5O. The van der Waals surface area contributed by atoms with Crippen LogP contribution in [0.5, 0.6) is 5.75 Å². The molecule has 6 nitrogen and oxygen atoms in total. The first-order valence-corrected chi connectivity index (χ1v) is 13.4. The van der Waals surface area contributed by atoms with E-state index < -0.39 is 6.36 Å². The predicted octanol–water partition coefficient (Wildman–Crippen LogP) is 7.71. The van der Waals surface area contributed by atoms with Crippen LogP contribution >= 0.6 is 0 Å². The molecule has 0 saturated heterocycles. The number of nitrogens with one attached hydrogen (secondary N) is 1. The van der Waals surface area contributed by atoms with Gasteiger partial charge < -0.3 is 14.6 Å². The maximum absolute atomic E-state index is 12.8. The van der Waals surface area contributed by atoms with E-state index in [1.807, 2.05) is 60.0 Å². The number of nitrogens with zero attached hydrogens (tertiary/aromatic N) is 4. The number of anilines is 2. The maximum atomic E-state index is 12.8. The number of benzene rings is 3. The monoisotopic (exact) mass is 543 g/mol. The second-order valence-electron chi connectivity index (χ2n) is 10.0. The average Bonchev–Trinajstić information content (AvgIpc) is 2.94. The van der Waals surface area contributed by atoms with Crippen LogP contribution in [0.4, 0.5) is 24.5 Å². The van der Waals surface area contributed by atoms with E-state index in [1.165, 1.54) is 18.6 Å². The molecule has 0 spiro atoms. The summed E-state index contributed by atoms with van der Waals surface area (Å²) in [6.45, 7) is 1.95. The number of rotatable bonds is 5. The van der Waals surface area contributed by atoms with E-state index in [4.69, 9.17) is 9.98 Å². The van der Waals surface area contributed by atoms with Crippen LogP contribution in [-0.2, 0) is 0 Å². The number of fused-ring (bicyclic) bond motifs is 2. The third kappa shape index (κ3) is 5.50. The number of hydrogen-bond donors (Lipinski definition) is 1. The van der Waals surface area contributed by atoms with Crippen LogP contribution in [0.25, 0.3) is 28.1 Å². The molecule has 3 aliphatic rings. The first-order chi connectivity index (χ1) is 19.3. The Hall–Kier alpha value is -4.40. The zero-order valence-electron chi connectivity index (χ0n) is 21.9. The Balaban J connectivity index is 1.56. The minimum absolute atomic E-state index is 0.224. The van der Waals surface area contributed by atoms with E-state index in [9.17, 15) is 13.2 Å². The molecule has 0 bridgehead atoms. The van der Waals surface area contributed by atoms with Gasteiger partial charge >= 0.3 is 6.36 Å². The Morgan fingerprint density at radius 2 is 1.70 bits per heavy atom. The smallest absolute Gasteiger partial charge is 0.406 e. The number of pyridine rings is 1. The van der Waals surface area contributed by atoms with E-state index in [0.29, 0.717) is 5.69 Å². The van der Waals surface area contributed by atoms with E-state index in [-0.39, 0.29) is 11.8 Å². The van der Waals surface area contributed by atoms with Crippen LogP contribution in [0, 0.1) is 6.92 Å². The summed E-state index contributed by atoms with van der Waals surface area (Å²) in [7, 11) is 0. The minimum atomic E-state index is -4.75. The Kier molecular flexibility index (Phi) is 6.88. The molecule has 2 aromatic carbocycles. The van der Waals surface area contributed by atoms with Crippen LogP contribution in [0.3, 0.4) is 0 Å². The molecule has 2 heterocycles. The Labute approximate surface area is 229 Å². The van der Waals surface area contributed by atoms with Crippen molar-refractivity contribution >= 4 is 22.4 Å². The third-order valence-corrected chi connectivity index (χ3v) is 7.20. The molecule has 0 unspecified atom stereocenters. The molecule has 1 N–H and O–H groups in total. The van der Waals surface area contributed by atoms with Gasteiger partial charge in [-0.1, -0.05) is 31.4 Å². The fourth-order valence-corrected chi connectivity index (χ4v) is 5.29. The molecule has 9 heteroatoms. The maximum Gasteiger partial charge on any atom is 0.573 e. The van der Waals surface area contributed by atoms with E-state index >= 15 is 0 Å². The summed E-state index contributed by atoms with van der Waals surface area (Å²) < 4.78 is 44.5. The largest absolute Gasteiger partial charge is 0.573 e. The predicted molar refractivity (Wildman–Crippen MR) is 149 cm³/mol. The zero-order valence-corrected chi connectivity index (χ0v) is 21.9. The highest BCUT2D eigenvalue weighted by atomic mass is 19.4. The lowest BCUT2D eigenvalue weighted by Crippen LogP contribution is -2.20. The van der Waals surface area contributed by atoms with Crippen LogP contribution in [0.2, 0.25) is 0 Å². The molecule has 0 amide bonds. The third-order valence-electron chi connectivity index (χ3n) is 7.20. The highest BCUT2D eigenvalue weighted by molar-refractivity contribution is 5.84. The standard InChI is InChI=1S/C31H28F3N5O/c1-20-24(11-7-17-35-20)37-26-18-28-30(19-27(26)36-21-8-3-2-4-9-21)39(29-12-6-5-10-25(29)38-28)22-13-15-23(16-14-22)40-31(32,33)34/h5-7,10-19,21,37H,2-4,8-9H2,1H3. The fourth-order valence-electron chi connectivity index (χ4n) is 5.29. The first kappa shape index (κ1) is 25.9. The Morgan fingerprint density at radius 3 is 2.45 bits per heavy atom. The molecule has 204 valence electrons. The second kappa shape index (κ2) is 10.6. The van der Waals surface area contributed by atoms with Gasteiger partial charge in [0.2, 0.25) is 0 Å². The Morgan fingerprint density at radius 1 is 0.925 bits per heavy atom. The molecule has 40 heavy (non-hydrogen) atoms. The van der Waals surface area contributed by atoms with Crippen LogP contribution in [-0.4, -0.2) is 26.9 Å². The van der Waals surface area contributed by atoms with Crippen LogP contribution in [0.15, 0.2) is 84.0 Å². The minimum Gasteiger partial charge on any atom is -0.406 e. The summed E-state index contributed by atoms with van der Waals surface area (Å²) in [6, 6.07) is 21.7. The molecule has 1 saturated carbocycles. The van der Waals surface area contributed by atoms with Crippen molar-refractivity contribution in [1.29, 1.82) is 0 Å². The van der Waals surface area contributed by atoms with Gasteiger partial charge in [-0.3, -0.25) is 9.98 Å². The molecule has 0 radical (unpaired) electrons. The van der Waals surface area contributed by atoms with Crippen LogP contribution < -0.4 is 15.4 Å². The summed E-state index contributed by atoms with van der Waals surface area (Å²) in [5.74, 6) is -0.272. The molecule has 3 aromatic rings. The highest BCUT2D eigenvalue weighted by Gasteiger charge is 2.31. The zero-order chi connectivity index (χ0) is 27.7. The first-order valence-electron chi connectivity index (χ1n) is 13.4.